The Morgan fingerprint density at radius 3 is 2.92 bits per heavy atom. The zero-order valence-corrected chi connectivity index (χ0v) is 15.0. The van der Waals surface area contributed by atoms with E-state index < -0.39 is 5.97 Å². The van der Waals surface area contributed by atoms with E-state index >= 15 is 0 Å². The minimum atomic E-state index is -0.629. The van der Waals surface area contributed by atoms with Gasteiger partial charge < -0.3 is 10.1 Å². The van der Waals surface area contributed by atoms with Crippen molar-refractivity contribution in [3.8, 4) is 9.88 Å². The van der Waals surface area contributed by atoms with Crippen LogP contribution < -0.4 is 5.32 Å². The third kappa shape index (κ3) is 3.29. The van der Waals surface area contributed by atoms with Gasteiger partial charge in [0.15, 0.2) is 18.1 Å². The van der Waals surface area contributed by atoms with Crippen molar-refractivity contribution in [1.29, 1.82) is 0 Å². The number of carbonyl (C=O) groups excluding carboxylic acids is 3. The van der Waals surface area contributed by atoms with E-state index in [1.165, 1.54) is 22.7 Å². The Balaban J connectivity index is 1.39. The van der Waals surface area contributed by atoms with Crippen LogP contribution in [0.1, 0.15) is 26.4 Å². The van der Waals surface area contributed by atoms with Gasteiger partial charge in [-0.2, -0.15) is 0 Å². The van der Waals surface area contributed by atoms with Gasteiger partial charge in [-0.25, -0.2) is 9.78 Å². The molecule has 4 rings (SSSR count). The zero-order valence-electron chi connectivity index (χ0n) is 13.4. The molecule has 1 aromatic carbocycles. The predicted octanol–water partition coefficient (Wildman–Crippen LogP) is 3.41. The van der Waals surface area contributed by atoms with Crippen LogP contribution in [0.15, 0.2) is 41.1 Å². The van der Waals surface area contributed by atoms with Crippen molar-refractivity contribution in [3.63, 3.8) is 0 Å². The lowest BCUT2D eigenvalue weighted by molar-refractivity contribution is -0.115. The average Bonchev–Trinajstić information content (AvgIpc) is 3.36. The summed E-state index contributed by atoms with van der Waals surface area (Å²) in [6.07, 6.45) is 0.251. The topological polar surface area (TPSA) is 85.4 Å². The first-order valence-electron chi connectivity index (χ1n) is 7.72. The van der Waals surface area contributed by atoms with Crippen LogP contribution >= 0.6 is 22.7 Å². The van der Waals surface area contributed by atoms with Gasteiger partial charge in [0.25, 0.3) is 0 Å². The second-order valence-corrected chi connectivity index (χ2v) is 7.42. The molecule has 0 aliphatic carbocycles. The van der Waals surface area contributed by atoms with Gasteiger partial charge >= 0.3 is 5.97 Å². The van der Waals surface area contributed by atoms with E-state index in [1.54, 1.807) is 23.6 Å². The molecule has 3 heterocycles. The summed E-state index contributed by atoms with van der Waals surface area (Å²) in [6.45, 7) is -0.370. The summed E-state index contributed by atoms with van der Waals surface area (Å²) in [5, 5.41) is 7.01. The number of rotatable bonds is 5. The van der Waals surface area contributed by atoms with E-state index in [2.05, 4.69) is 10.3 Å². The molecule has 0 spiro atoms. The smallest absolute Gasteiger partial charge is 0.358 e. The van der Waals surface area contributed by atoms with Gasteiger partial charge in [-0.3, -0.25) is 9.59 Å². The Morgan fingerprint density at radius 1 is 1.23 bits per heavy atom. The summed E-state index contributed by atoms with van der Waals surface area (Å²) in [5.41, 5.74) is 2.08. The number of fused-ring (bicyclic) bond motifs is 1. The molecule has 0 radical (unpaired) electrons. The van der Waals surface area contributed by atoms with Crippen LogP contribution in [0.4, 0.5) is 5.69 Å². The van der Waals surface area contributed by atoms with Gasteiger partial charge in [0, 0.05) is 16.6 Å². The molecule has 2 aromatic heterocycles. The van der Waals surface area contributed by atoms with Gasteiger partial charge in [-0.1, -0.05) is 6.07 Å². The van der Waals surface area contributed by atoms with Crippen molar-refractivity contribution >= 4 is 46.0 Å². The first-order chi connectivity index (χ1) is 12.6. The molecule has 1 aliphatic heterocycles. The zero-order chi connectivity index (χ0) is 18.1. The molecule has 0 saturated heterocycles. The van der Waals surface area contributed by atoms with E-state index in [1.807, 2.05) is 17.5 Å². The number of Topliss-reactive ketones (excluding diaryl/α,β-unsaturated/α-hetero) is 1. The van der Waals surface area contributed by atoms with Crippen LogP contribution in [0, 0.1) is 0 Å². The van der Waals surface area contributed by atoms with Gasteiger partial charge in [0.1, 0.15) is 5.01 Å². The molecule has 0 saturated carbocycles. The maximum absolute atomic E-state index is 12.3. The maximum atomic E-state index is 12.3. The van der Waals surface area contributed by atoms with Crippen molar-refractivity contribution in [1.82, 2.24) is 4.98 Å². The van der Waals surface area contributed by atoms with E-state index in [0.717, 1.165) is 15.4 Å². The molecule has 0 bridgehead atoms. The fourth-order valence-corrected chi connectivity index (χ4v) is 4.18. The van der Waals surface area contributed by atoms with Crippen LogP contribution in [-0.2, 0) is 16.0 Å². The molecule has 1 amide bonds. The highest BCUT2D eigenvalue weighted by molar-refractivity contribution is 7.20. The molecule has 0 unspecified atom stereocenters. The van der Waals surface area contributed by atoms with Gasteiger partial charge in [0.05, 0.1) is 11.3 Å². The third-order valence-corrected chi connectivity index (χ3v) is 5.71. The van der Waals surface area contributed by atoms with E-state index in [4.69, 9.17) is 4.74 Å². The quantitative estimate of drug-likeness (QED) is 0.538. The van der Waals surface area contributed by atoms with E-state index in [0.29, 0.717) is 11.3 Å². The van der Waals surface area contributed by atoms with Crippen LogP contribution in [0.3, 0.4) is 0 Å². The van der Waals surface area contributed by atoms with Crippen LogP contribution in [-0.4, -0.2) is 29.3 Å². The molecule has 26 heavy (non-hydrogen) atoms. The number of ether oxygens (including phenoxy) is 1. The minimum Gasteiger partial charge on any atom is -0.453 e. The van der Waals surface area contributed by atoms with Crippen molar-refractivity contribution in [3.05, 3.63) is 57.9 Å². The summed E-state index contributed by atoms with van der Waals surface area (Å²) in [4.78, 5) is 41.0. The highest BCUT2D eigenvalue weighted by Gasteiger charge is 2.20. The summed E-state index contributed by atoms with van der Waals surface area (Å²) in [5.74, 6) is -1.05. The fraction of sp³-hybridized carbons (Fsp3) is 0.111. The maximum Gasteiger partial charge on any atom is 0.358 e. The van der Waals surface area contributed by atoms with Gasteiger partial charge in [0.2, 0.25) is 5.91 Å². The monoisotopic (exact) mass is 384 g/mol. The molecule has 0 atom stereocenters. The summed E-state index contributed by atoms with van der Waals surface area (Å²) in [6, 6.07) is 8.79. The number of amides is 1. The number of anilines is 1. The van der Waals surface area contributed by atoms with Crippen molar-refractivity contribution in [2.45, 2.75) is 6.42 Å². The Kier molecular flexibility index (Phi) is 4.36. The highest BCUT2D eigenvalue weighted by Crippen LogP contribution is 2.28. The Labute approximate surface area is 156 Å². The number of hydrogen-bond acceptors (Lipinski definition) is 7. The second kappa shape index (κ2) is 6.81. The van der Waals surface area contributed by atoms with Gasteiger partial charge in [-0.05, 0) is 35.2 Å². The van der Waals surface area contributed by atoms with E-state index in [9.17, 15) is 14.4 Å². The van der Waals surface area contributed by atoms with Crippen LogP contribution in [0.2, 0.25) is 0 Å². The summed E-state index contributed by atoms with van der Waals surface area (Å²) < 4.78 is 5.09. The molecular weight excluding hydrogens is 372 g/mol. The minimum absolute atomic E-state index is 0.0962. The number of ketones is 1. The lowest BCUT2D eigenvalue weighted by Gasteiger charge is -2.04. The Morgan fingerprint density at radius 2 is 2.12 bits per heavy atom. The Bertz CT molecular complexity index is 1010. The van der Waals surface area contributed by atoms with Crippen molar-refractivity contribution in [2.24, 2.45) is 0 Å². The number of carbonyl (C=O) groups is 3. The lowest BCUT2D eigenvalue weighted by atomic mass is 10.1. The van der Waals surface area contributed by atoms with Crippen LogP contribution in [0.25, 0.3) is 9.88 Å². The molecule has 1 N–H and O–H groups in total. The number of benzene rings is 1. The molecule has 3 aromatic rings. The van der Waals surface area contributed by atoms with E-state index in [-0.39, 0.29) is 30.4 Å². The molecule has 0 fully saturated rings. The normalized spacial score (nSPS) is 12.5. The van der Waals surface area contributed by atoms with Gasteiger partial charge in [-0.15, -0.1) is 22.7 Å². The molecule has 1 aliphatic rings. The fourth-order valence-electron chi connectivity index (χ4n) is 2.57. The SMILES string of the molecule is O=C1Cc2cc(C(=O)COC(=O)c3csc(-c4cccs4)n3)ccc2N1. The first kappa shape index (κ1) is 16.6. The van der Waals surface area contributed by atoms with Crippen LogP contribution in [0.5, 0.6) is 0 Å². The third-order valence-electron chi connectivity index (χ3n) is 3.83. The molecule has 6 nitrogen and oxygen atoms in total. The molecule has 8 heteroatoms. The molecular formula is C18H12N2O4S2. The molecule has 130 valence electrons. The number of aromatic nitrogens is 1. The average molecular weight is 384 g/mol. The number of esters is 1. The van der Waals surface area contributed by atoms with Crippen molar-refractivity contribution in [2.75, 3.05) is 11.9 Å². The number of nitrogens with one attached hydrogen (secondary N) is 1. The largest absolute Gasteiger partial charge is 0.453 e. The summed E-state index contributed by atoms with van der Waals surface area (Å²) >= 11 is 2.89. The number of hydrogen-bond donors (Lipinski definition) is 1. The standard InChI is InChI=1S/C18H12N2O4S2/c21-14(10-3-4-12-11(6-10)7-16(22)19-12)8-24-18(23)13-9-26-17(20-13)15-2-1-5-25-15/h1-6,9H,7-8H2,(H,19,22). The number of thiazole rings is 1. The summed E-state index contributed by atoms with van der Waals surface area (Å²) in [7, 11) is 0. The highest BCUT2D eigenvalue weighted by atomic mass is 32.1. The number of nitrogens with zero attached hydrogens (tertiary/aromatic N) is 1. The predicted molar refractivity (Wildman–Crippen MR) is 98.8 cm³/mol. The lowest BCUT2D eigenvalue weighted by Crippen LogP contribution is -2.14. The Hall–Kier alpha value is -2.84. The second-order valence-electron chi connectivity index (χ2n) is 5.61. The van der Waals surface area contributed by atoms with Crippen molar-refractivity contribution < 1.29 is 19.1 Å². The first-order valence-corrected chi connectivity index (χ1v) is 9.48. The number of thiophene rings is 1.